The molecule has 0 unspecified atom stereocenters. The van der Waals surface area contributed by atoms with Crippen LogP contribution >= 0.6 is 0 Å². The molecule has 88 valence electrons. The number of nitrogens with two attached hydrogens (primary N) is 1. The molecule has 0 bridgehead atoms. The SMILES string of the molecule is COCCNC(=O)c1cc(N)c(C)cc1C. The standard InChI is InChI=1S/C12H18N2O2/c1-8-6-9(2)11(13)7-10(8)12(15)14-4-5-16-3/h6-7H,4-5,13H2,1-3H3,(H,14,15). The first-order valence-electron chi connectivity index (χ1n) is 5.20. The molecule has 0 aromatic heterocycles. The van der Waals surface area contributed by atoms with Gasteiger partial charge >= 0.3 is 0 Å². The second-order valence-electron chi connectivity index (χ2n) is 3.77. The van der Waals surface area contributed by atoms with E-state index >= 15 is 0 Å². The number of rotatable bonds is 4. The van der Waals surface area contributed by atoms with Crippen LogP contribution in [0.1, 0.15) is 21.5 Å². The van der Waals surface area contributed by atoms with Crippen LogP contribution in [0.4, 0.5) is 5.69 Å². The van der Waals surface area contributed by atoms with Crippen molar-refractivity contribution in [3.05, 3.63) is 28.8 Å². The number of nitrogen functional groups attached to an aromatic ring is 1. The summed E-state index contributed by atoms with van der Waals surface area (Å²) in [5.74, 6) is -0.110. The van der Waals surface area contributed by atoms with Crippen LogP contribution in [0.2, 0.25) is 0 Å². The molecule has 16 heavy (non-hydrogen) atoms. The smallest absolute Gasteiger partial charge is 0.251 e. The molecule has 1 rings (SSSR count). The molecule has 4 nitrogen and oxygen atoms in total. The van der Waals surface area contributed by atoms with Crippen LogP contribution in [0.15, 0.2) is 12.1 Å². The van der Waals surface area contributed by atoms with Gasteiger partial charge in [0.25, 0.3) is 5.91 Å². The van der Waals surface area contributed by atoms with Crippen LogP contribution in [-0.4, -0.2) is 26.2 Å². The second-order valence-corrected chi connectivity index (χ2v) is 3.77. The van der Waals surface area contributed by atoms with Gasteiger partial charge in [-0.2, -0.15) is 0 Å². The van der Waals surface area contributed by atoms with E-state index in [1.807, 2.05) is 19.9 Å². The third kappa shape index (κ3) is 2.97. The lowest BCUT2D eigenvalue weighted by molar-refractivity contribution is 0.0936. The molecule has 3 N–H and O–H groups in total. The number of hydrogen-bond acceptors (Lipinski definition) is 3. The van der Waals surface area contributed by atoms with E-state index in [0.717, 1.165) is 11.1 Å². The number of benzene rings is 1. The van der Waals surface area contributed by atoms with Crippen LogP contribution < -0.4 is 11.1 Å². The molecule has 0 saturated carbocycles. The van der Waals surface area contributed by atoms with E-state index < -0.39 is 0 Å². The molecule has 0 saturated heterocycles. The Morgan fingerprint density at radius 1 is 1.38 bits per heavy atom. The monoisotopic (exact) mass is 222 g/mol. The van der Waals surface area contributed by atoms with Crippen molar-refractivity contribution < 1.29 is 9.53 Å². The summed E-state index contributed by atoms with van der Waals surface area (Å²) in [5.41, 5.74) is 8.97. The van der Waals surface area contributed by atoms with Gasteiger partial charge in [0, 0.05) is 24.9 Å². The highest BCUT2D eigenvalue weighted by molar-refractivity contribution is 5.96. The summed E-state index contributed by atoms with van der Waals surface area (Å²) in [6.45, 7) is 4.83. The lowest BCUT2D eigenvalue weighted by Gasteiger charge is -2.10. The van der Waals surface area contributed by atoms with E-state index in [2.05, 4.69) is 5.32 Å². The predicted octanol–water partition coefficient (Wildman–Crippen LogP) is 1.26. The van der Waals surface area contributed by atoms with Gasteiger partial charge in [-0.3, -0.25) is 4.79 Å². The number of nitrogens with one attached hydrogen (secondary N) is 1. The van der Waals surface area contributed by atoms with E-state index in [1.165, 1.54) is 0 Å². The molecule has 0 aliphatic rings. The topological polar surface area (TPSA) is 64.3 Å². The Balaban J connectivity index is 2.79. The average molecular weight is 222 g/mol. The van der Waals surface area contributed by atoms with Crippen molar-refractivity contribution in [3.63, 3.8) is 0 Å². The number of anilines is 1. The minimum absolute atomic E-state index is 0.110. The fraction of sp³-hybridized carbons (Fsp3) is 0.417. The molecule has 0 aliphatic heterocycles. The quantitative estimate of drug-likeness (QED) is 0.595. The lowest BCUT2D eigenvalue weighted by atomic mass is 10.0. The van der Waals surface area contributed by atoms with Crippen molar-refractivity contribution in [1.29, 1.82) is 0 Å². The Bertz CT molecular complexity index is 389. The Kier molecular flexibility index (Phi) is 4.31. The molecule has 0 fully saturated rings. The zero-order valence-electron chi connectivity index (χ0n) is 9.96. The normalized spacial score (nSPS) is 10.2. The number of ether oxygens (including phenoxy) is 1. The summed E-state index contributed by atoms with van der Waals surface area (Å²) in [5, 5.41) is 2.77. The summed E-state index contributed by atoms with van der Waals surface area (Å²) in [6, 6.07) is 3.63. The van der Waals surface area contributed by atoms with Crippen molar-refractivity contribution in [3.8, 4) is 0 Å². The maximum atomic E-state index is 11.8. The van der Waals surface area contributed by atoms with E-state index in [4.69, 9.17) is 10.5 Å². The summed E-state index contributed by atoms with van der Waals surface area (Å²) < 4.78 is 4.86. The molecule has 0 heterocycles. The van der Waals surface area contributed by atoms with Gasteiger partial charge in [-0.25, -0.2) is 0 Å². The summed E-state index contributed by atoms with van der Waals surface area (Å²) in [7, 11) is 1.60. The van der Waals surface area contributed by atoms with Gasteiger partial charge in [0.1, 0.15) is 0 Å². The van der Waals surface area contributed by atoms with E-state index in [9.17, 15) is 4.79 Å². The van der Waals surface area contributed by atoms with Crippen LogP contribution in [0.25, 0.3) is 0 Å². The van der Waals surface area contributed by atoms with Crippen molar-refractivity contribution in [2.75, 3.05) is 26.0 Å². The first-order chi connectivity index (χ1) is 7.56. The number of aryl methyl sites for hydroxylation is 2. The molecular formula is C12H18N2O2. The Labute approximate surface area is 95.8 Å². The second kappa shape index (κ2) is 5.51. The largest absolute Gasteiger partial charge is 0.398 e. The van der Waals surface area contributed by atoms with Crippen molar-refractivity contribution in [2.45, 2.75) is 13.8 Å². The minimum Gasteiger partial charge on any atom is -0.398 e. The molecule has 1 amide bonds. The van der Waals surface area contributed by atoms with Crippen LogP contribution in [0.3, 0.4) is 0 Å². The Morgan fingerprint density at radius 3 is 2.69 bits per heavy atom. The zero-order chi connectivity index (χ0) is 12.1. The fourth-order valence-corrected chi connectivity index (χ4v) is 1.48. The number of carbonyl (C=O) groups excluding carboxylic acids is 1. The Morgan fingerprint density at radius 2 is 2.06 bits per heavy atom. The average Bonchev–Trinajstić information content (AvgIpc) is 2.23. The molecule has 0 spiro atoms. The molecule has 0 atom stereocenters. The van der Waals surface area contributed by atoms with Gasteiger partial charge in [-0.1, -0.05) is 6.07 Å². The van der Waals surface area contributed by atoms with E-state index in [0.29, 0.717) is 24.4 Å². The molecule has 1 aromatic carbocycles. The van der Waals surface area contributed by atoms with Crippen LogP contribution in [0, 0.1) is 13.8 Å². The number of amides is 1. The minimum atomic E-state index is -0.110. The predicted molar refractivity (Wildman–Crippen MR) is 64.5 cm³/mol. The maximum absolute atomic E-state index is 11.8. The van der Waals surface area contributed by atoms with Gasteiger partial charge in [0.15, 0.2) is 0 Å². The molecule has 4 heteroatoms. The van der Waals surface area contributed by atoms with Gasteiger partial charge in [-0.05, 0) is 31.0 Å². The number of hydrogen-bond donors (Lipinski definition) is 2. The van der Waals surface area contributed by atoms with E-state index in [1.54, 1.807) is 13.2 Å². The highest BCUT2D eigenvalue weighted by Crippen LogP contribution is 2.17. The number of methoxy groups -OCH3 is 1. The van der Waals surface area contributed by atoms with Crippen molar-refractivity contribution in [2.24, 2.45) is 0 Å². The van der Waals surface area contributed by atoms with Gasteiger partial charge in [-0.15, -0.1) is 0 Å². The zero-order valence-corrected chi connectivity index (χ0v) is 9.96. The maximum Gasteiger partial charge on any atom is 0.251 e. The number of carbonyl (C=O) groups is 1. The molecule has 0 radical (unpaired) electrons. The first kappa shape index (κ1) is 12.5. The summed E-state index contributed by atoms with van der Waals surface area (Å²) in [4.78, 5) is 11.8. The lowest BCUT2D eigenvalue weighted by Crippen LogP contribution is -2.27. The summed E-state index contributed by atoms with van der Waals surface area (Å²) >= 11 is 0. The third-order valence-corrected chi connectivity index (χ3v) is 2.45. The van der Waals surface area contributed by atoms with Gasteiger partial charge < -0.3 is 15.8 Å². The van der Waals surface area contributed by atoms with E-state index in [-0.39, 0.29) is 5.91 Å². The first-order valence-corrected chi connectivity index (χ1v) is 5.20. The third-order valence-electron chi connectivity index (χ3n) is 2.45. The fourth-order valence-electron chi connectivity index (χ4n) is 1.48. The molecule has 0 aliphatic carbocycles. The highest BCUT2D eigenvalue weighted by Gasteiger charge is 2.10. The van der Waals surface area contributed by atoms with Crippen molar-refractivity contribution in [1.82, 2.24) is 5.32 Å². The highest BCUT2D eigenvalue weighted by atomic mass is 16.5. The Hall–Kier alpha value is -1.55. The summed E-state index contributed by atoms with van der Waals surface area (Å²) in [6.07, 6.45) is 0. The van der Waals surface area contributed by atoms with Crippen LogP contribution in [0.5, 0.6) is 0 Å². The molecular weight excluding hydrogens is 204 g/mol. The van der Waals surface area contributed by atoms with Crippen molar-refractivity contribution >= 4 is 11.6 Å². The molecule has 1 aromatic rings. The van der Waals surface area contributed by atoms with Crippen LogP contribution in [-0.2, 0) is 4.74 Å². The van der Waals surface area contributed by atoms with Gasteiger partial charge in [0.05, 0.1) is 6.61 Å². The van der Waals surface area contributed by atoms with Gasteiger partial charge in [0.2, 0.25) is 0 Å².